The summed E-state index contributed by atoms with van der Waals surface area (Å²) in [5.41, 5.74) is 1.84. The molecule has 2 aromatic rings. The van der Waals surface area contributed by atoms with Crippen LogP contribution in [-0.4, -0.2) is 17.6 Å². The van der Waals surface area contributed by atoms with Crippen LogP contribution in [0.25, 0.3) is 11.1 Å². The van der Waals surface area contributed by atoms with Crippen LogP contribution in [0.2, 0.25) is 0 Å². The van der Waals surface area contributed by atoms with Crippen LogP contribution in [-0.2, 0) is 4.74 Å². The lowest BCUT2D eigenvalue weighted by Crippen LogP contribution is -2.05. The number of oxazole rings is 1. The summed E-state index contributed by atoms with van der Waals surface area (Å²) in [7, 11) is 0. The van der Waals surface area contributed by atoms with Gasteiger partial charge in [0.1, 0.15) is 5.52 Å². The Morgan fingerprint density at radius 2 is 2.38 bits per heavy atom. The summed E-state index contributed by atoms with van der Waals surface area (Å²) in [5.74, 6) is -0.313. The third-order valence-corrected chi connectivity index (χ3v) is 2.30. The van der Waals surface area contributed by atoms with Gasteiger partial charge >= 0.3 is 5.97 Å². The molecule has 0 saturated carbocycles. The van der Waals surface area contributed by atoms with Crippen LogP contribution in [0, 0.1) is 0 Å². The van der Waals surface area contributed by atoms with Crippen molar-refractivity contribution in [3.8, 4) is 0 Å². The molecule has 0 bridgehead atoms. The van der Waals surface area contributed by atoms with E-state index < -0.39 is 0 Å². The minimum absolute atomic E-state index is 0.313. The predicted octanol–water partition coefficient (Wildman–Crippen LogP) is 2.78. The molecule has 0 aliphatic heterocycles. The van der Waals surface area contributed by atoms with Crippen molar-refractivity contribution < 1.29 is 13.9 Å². The summed E-state index contributed by atoms with van der Waals surface area (Å²) in [6.45, 7) is 2.51. The van der Waals surface area contributed by atoms with E-state index in [4.69, 9.17) is 9.15 Å². The standard InChI is InChI=1S/C12H13NO3/c1-2-3-6-15-12(14)9-4-5-10-11(7-9)16-8-13-10/h4-5,7-8H,2-3,6H2,1H3. The number of benzene rings is 1. The monoisotopic (exact) mass is 219 g/mol. The van der Waals surface area contributed by atoms with Gasteiger partial charge in [-0.25, -0.2) is 9.78 Å². The maximum atomic E-state index is 11.6. The molecule has 1 aromatic carbocycles. The normalized spacial score (nSPS) is 10.6. The first-order valence-corrected chi connectivity index (χ1v) is 5.31. The van der Waals surface area contributed by atoms with Crippen LogP contribution in [0.15, 0.2) is 29.0 Å². The molecular formula is C12H13NO3. The number of esters is 1. The van der Waals surface area contributed by atoms with E-state index in [1.165, 1.54) is 6.39 Å². The SMILES string of the molecule is CCCCOC(=O)c1ccc2ncoc2c1. The Bertz CT molecular complexity index is 490. The zero-order valence-corrected chi connectivity index (χ0v) is 9.10. The molecule has 1 heterocycles. The smallest absolute Gasteiger partial charge is 0.338 e. The maximum absolute atomic E-state index is 11.6. The number of nitrogens with zero attached hydrogens (tertiary/aromatic N) is 1. The quantitative estimate of drug-likeness (QED) is 0.586. The number of fused-ring (bicyclic) bond motifs is 1. The number of carbonyl (C=O) groups is 1. The zero-order valence-electron chi connectivity index (χ0n) is 9.10. The lowest BCUT2D eigenvalue weighted by Gasteiger charge is -2.03. The van der Waals surface area contributed by atoms with Gasteiger partial charge < -0.3 is 9.15 Å². The highest BCUT2D eigenvalue weighted by molar-refractivity contribution is 5.93. The van der Waals surface area contributed by atoms with E-state index in [0.29, 0.717) is 17.8 Å². The van der Waals surface area contributed by atoms with Gasteiger partial charge in [0.05, 0.1) is 12.2 Å². The number of unbranched alkanes of at least 4 members (excludes halogenated alkanes) is 1. The Balaban J connectivity index is 2.10. The molecule has 0 fully saturated rings. The molecule has 4 heteroatoms. The molecule has 0 saturated heterocycles. The van der Waals surface area contributed by atoms with Crippen molar-refractivity contribution in [2.75, 3.05) is 6.61 Å². The Morgan fingerprint density at radius 3 is 3.19 bits per heavy atom. The zero-order chi connectivity index (χ0) is 11.4. The molecule has 0 N–H and O–H groups in total. The van der Waals surface area contributed by atoms with Gasteiger partial charge in [-0.05, 0) is 24.6 Å². The average Bonchev–Trinajstić information content (AvgIpc) is 2.76. The lowest BCUT2D eigenvalue weighted by atomic mass is 10.2. The predicted molar refractivity (Wildman–Crippen MR) is 59.2 cm³/mol. The Kier molecular flexibility index (Phi) is 3.19. The third-order valence-electron chi connectivity index (χ3n) is 2.30. The van der Waals surface area contributed by atoms with Gasteiger partial charge in [0.15, 0.2) is 12.0 Å². The number of hydrogen-bond acceptors (Lipinski definition) is 4. The van der Waals surface area contributed by atoms with E-state index in [2.05, 4.69) is 11.9 Å². The summed E-state index contributed by atoms with van der Waals surface area (Å²) in [4.78, 5) is 15.6. The van der Waals surface area contributed by atoms with E-state index in [1.54, 1.807) is 18.2 Å². The number of ether oxygens (including phenoxy) is 1. The first-order valence-electron chi connectivity index (χ1n) is 5.31. The number of carbonyl (C=O) groups excluding carboxylic acids is 1. The van der Waals surface area contributed by atoms with Gasteiger partial charge in [0, 0.05) is 0 Å². The number of rotatable bonds is 4. The van der Waals surface area contributed by atoms with Crippen LogP contribution in [0.4, 0.5) is 0 Å². The average molecular weight is 219 g/mol. The second kappa shape index (κ2) is 4.79. The van der Waals surface area contributed by atoms with E-state index in [0.717, 1.165) is 18.4 Å². The van der Waals surface area contributed by atoms with Crippen molar-refractivity contribution in [2.45, 2.75) is 19.8 Å². The van der Waals surface area contributed by atoms with Crippen molar-refractivity contribution >= 4 is 17.1 Å². The summed E-state index contributed by atoms with van der Waals surface area (Å²) < 4.78 is 10.2. The second-order valence-corrected chi connectivity index (χ2v) is 3.52. The fourth-order valence-corrected chi connectivity index (χ4v) is 1.37. The van der Waals surface area contributed by atoms with Gasteiger partial charge in [-0.3, -0.25) is 0 Å². The van der Waals surface area contributed by atoms with Crippen molar-refractivity contribution in [1.82, 2.24) is 4.98 Å². The molecule has 0 unspecified atom stereocenters. The fraction of sp³-hybridized carbons (Fsp3) is 0.333. The molecule has 0 amide bonds. The molecule has 16 heavy (non-hydrogen) atoms. The molecule has 0 aliphatic carbocycles. The number of hydrogen-bond donors (Lipinski definition) is 0. The van der Waals surface area contributed by atoms with Gasteiger partial charge in [0.2, 0.25) is 0 Å². The molecule has 84 valence electrons. The van der Waals surface area contributed by atoms with Crippen molar-refractivity contribution in [3.05, 3.63) is 30.2 Å². The maximum Gasteiger partial charge on any atom is 0.338 e. The van der Waals surface area contributed by atoms with E-state index in [9.17, 15) is 4.79 Å². The fourth-order valence-electron chi connectivity index (χ4n) is 1.37. The molecule has 2 rings (SSSR count). The number of aromatic nitrogens is 1. The van der Waals surface area contributed by atoms with Crippen LogP contribution < -0.4 is 0 Å². The molecule has 0 spiro atoms. The van der Waals surface area contributed by atoms with Crippen molar-refractivity contribution in [1.29, 1.82) is 0 Å². The molecule has 0 atom stereocenters. The van der Waals surface area contributed by atoms with Gasteiger partial charge in [-0.2, -0.15) is 0 Å². The third kappa shape index (κ3) is 2.21. The van der Waals surface area contributed by atoms with Gasteiger partial charge in [-0.1, -0.05) is 13.3 Å². The second-order valence-electron chi connectivity index (χ2n) is 3.52. The summed E-state index contributed by atoms with van der Waals surface area (Å²) in [5, 5.41) is 0. The highest BCUT2D eigenvalue weighted by Crippen LogP contribution is 2.14. The minimum atomic E-state index is -0.313. The Morgan fingerprint density at radius 1 is 1.50 bits per heavy atom. The van der Waals surface area contributed by atoms with Crippen molar-refractivity contribution in [2.24, 2.45) is 0 Å². The molecule has 0 aliphatic rings. The highest BCUT2D eigenvalue weighted by Gasteiger charge is 2.09. The Hall–Kier alpha value is -1.84. The Labute approximate surface area is 93.2 Å². The summed E-state index contributed by atoms with van der Waals surface area (Å²) >= 11 is 0. The van der Waals surface area contributed by atoms with Crippen LogP contribution in [0.3, 0.4) is 0 Å². The molecular weight excluding hydrogens is 206 g/mol. The topological polar surface area (TPSA) is 52.3 Å². The van der Waals surface area contributed by atoms with Gasteiger partial charge in [-0.15, -0.1) is 0 Å². The van der Waals surface area contributed by atoms with E-state index >= 15 is 0 Å². The molecule has 0 radical (unpaired) electrons. The van der Waals surface area contributed by atoms with Crippen molar-refractivity contribution in [3.63, 3.8) is 0 Å². The summed E-state index contributed by atoms with van der Waals surface area (Å²) in [6, 6.07) is 5.09. The van der Waals surface area contributed by atoms with Crippen LogP contribution >= 0.6 is 0 Å². The van der Waals surface area contributed by atoms with E-state index in [-0.39, 0.29) is 5.97 Å². The first-order chi connectivity index (χ1) is 7.81. The lowest BCUT2D eigenvalue weighted by molar-refractivity contribution is 0.0500. The van der Waals surface area contributed by atoms with Crippen LogP contribution in [0.1, 0.15) is 30.1 Å². The summed E-state index contributed by atoms with van der Waals surface area (Å²) in [6.07, 6.45) is 3.25. The first kappa shape index (κ1) is 10.7. The van der Waals surface area contributed by atoms with Gasteiger partial charge in [0.25, 0.3) is 0 Å². The highest BCUT2D eigenvalue weighted by atomic mass is 16.5. The van der Waals surface area contributed by atoms with E-state index in [1.807, 2.05) is 0 Å². The molecule has 1 aromatic heterocycles. The molecule has 4 nitrogen and oxygen atoms in total. The van der Waals surface area contributed by atoms with Crippen LogP contribution in [0.5, 0.6) is 0 Å². The largest absolute Gasteiger partial charge is 0.462 e. The minimum Gasteiger partial charge on any atom is -0.462 e.